The molecule has 0 bridgehead atoms. The van der Waals surface area contributed by atoms with Crippen LogP contribution in [0.1, 0.15) is 29.0 Å². The van der Waals surface area contributed by atoms with Gasteiger partial charge in [0.25, 0.3) is 5.91 Å². The van der Waals surface area contributed by atoms with Gasteiger partial charge in [-0.15, -0.1) is 0 Å². The summed E-state index contributed by atoms with van der Waals surface area (Å²) in [5.41, 5.74) is 1.39. The number of carbonyl (C=O) groups excluding carboxylic acids is 1. The third-order valence-electron chi connectivity index (χ3n) is 2.68. The van der Waals surface area contributed by atoms with Crippen molar-refractivity contribution >= 4 is 33.4 Å². The first-order valence-electron chi connectivity index (χ1n) is 5.74. The van der Waals surface area contributed by atoms with E-state index in [4.69, 9.17) is 11.6 Å². The molecule has 0 aliphatic carbocycles. The molecule has 1 heterocycles. The molecule has 0 saturated carbocycles. The first-order chi connectivity index (χ1) is 9.06. The molecule has 2 aromatic rings. The van der Waals surface area contributed by atoms with Crippen LogP contribution in [0.15, 0.2) is 47.1 Å². The van der Waals surface area contributed by atoms with Gasteiger partial charge in [-0.05, 0) is 36.8 Å². The number of amides is 1. The summed E-state index contributed by atoms with van der Waals surface area (Å²) in [5.74, 6) is -0.216. The number of hydrogen-bond acceptors (Lipinski definition) is 2. The molecule has 0 radical (unpaired) electrons. The summed E-state index contributed by atoms with van der Waals surface area (Å²) in [5, 5.41) is 3.40. The number of rotatable bonds is 3. The Bertz CT molecular complexity index is 569. The van der Waals surface area contributed by atoms with Crippen LogP contribution in [0.3, 0.4) is 0 Å². The van der Waals surface area contributed by atoms with Gasteiger partial charge in [-0.3, -0.25) is 4.79 Å². The number of aromatic nitrogens is 1. The fraction of sp³-hybridized carbons (Fsp3) is 0.143. The number of nitrogens with one attached hydrogen (secondary N) is 1. The van der Waals surface area contributed by atoms with Crippen molar-refractivity contribution in [2.45, 2.75) is 13.0 Å². The quantitative estimate of drug-likeness (QED) is 0.918. The monoisotopic (exact) mass is 338 g/mol. The number of carbonyl (C=O) groups is 1. The predicted octanol–water partition coefficient (Wildman–Crippen LogP) is 3.99. The van der Waals surface area contributed by atoms with E-state index >= 15 is 0 Å². The van der Waals surface area contributed by atoms with E-state index in [1.807, 2.05) is 31.2 Å². The molecule has 1 aromatic carbocycles. The number of benzene rings is 1. The molecule has 3 nitrogen and oxygen atoms in total. The Morgan fingerprint density at radius 1 is 1.26 bits per heavy atom. The van der Waals surface area contributed by atoms with Crippen molar-refractivity contribution in [2.75, 3.05) is 0 Å². The topological polar surface area (TPSA) is 42.0 Å². The number of hydrogen-bond donors (Lipinski definition) is 1. The lowest BCUT2D eigenvalue weighted by molar-refractivity contribution is 0.0935. The lowest BCUT2D eigenvalue weighted by Crippen LogP contribution is -2.27. The first kappa shape index (κ1) is 14.0. The minimum absolute atomic E-state index is 0.0851. The third kappa shape index (κ3) is 3.78. The summed E-state index contributed by atoms with van der Waals surface area (Å²) >= 11 is 9.11. The summed E-state index contributed by atoms with van der Waals surface area (Å²) in [4.78, 5) is 16.0. The zero-order chi connectivity index (χ0) is 13.8. The molecule has 1 N–H and O–H groups in total. The molecule has 5 heteroatoms. The minimum atomic E-state index is -0.216. The van der Waals surface area contributed by atoms with Crippen molar-refractivity contribution in [1.82, 2.24) is 10.3 Å². The number of halogens is 2. The van der Waals surface area contributed by atoms with Crippen LogP contribution in [-0.2, 0) is 0 Å². The van der Waals surface area contributed by atoms with Gasteiger partial charge in [0.05, 0.1) is 11.1 Å². The highest BCUT2D eigenvalue weighted by atomic mass is 79.9. The molecule has 0 spiro atoms. The van der Waals surface area contributed by atoms with Crippen LogP contribution >= 0.6 is 27.5 Å². The van der Waals surface area contributed by atoms with Gasteiger partial charge in [-0.2, -0.15) is 0 Å². The van der Waals surface area contributed by atoms with Gasteiger partial charge < -0.3 is 5.32 Å². The van der Waals surface area contributed by atoms with Gasteiger partial charge in [0, 0.05) is 10.7 Å². The molecule has 1 unspecified atom stereocenters. The zero-order valence-corrected chi connectivity index (χ0v) is 12.6. The van der Waals surface area contributed by atoms with E-state index in [2.05, 4.69) is 26.2 Å². The van der Waals surface area contributed by atoms with E-state index in [-0.39, 0.29) is 11.9 Å². The molecule has 19 heavy (non-hydrogen) atoms. The Kier molecular flexibility index (Phi) is 4.56. The smallest absolute Gasteiger partial charge is 0.270 e. The summed E-state index contributed by atoms with van der Waals surface area (Å²) in [6.45, 7) is 1.93. The number of pyridine rings is 1. The molecule has 0 saturated heterocycles. The molecule has 0 aliphatic rings. The molecule has 98 valence electrons. The average molecular weight is 340 g/mol. The summed E-state index contributed by atoms with van der Waals surface area (Å²) in [6, 6.07) is 11.0. The van der Waals surface area contributed by atoms with Crippen molar-refractivity contribution in [3.63, 3.8) is 0 Å². The molecule has 1 aromatic heterocycles. The third-order valence-corrected chi connectivity index (χ3v) is 3.43. The van der Waals surface area contributed by atoms with Crippen LogP contribution in [0, 0.1) is 0 Å². The van der Waals surface area contributed by atoms with Crippen LogP contribution in [-0.4, -0.2) is 10.9 Å². The molecule has 0 aliphatic heterocycles. The molecule has 2 rings (SSSR count). The lowest BCUT2D eigenvalue weighted by Gasteiger charge is -2.14. The van der Waals surface area contributed by atoms with Gasteiger partial charge >= 0.3 is 0 Å². The largest absolute Gasteiger partial charge is 0.344 e. The highest BCUT2D eigenvalue weighted by Crippen LogP contribution is 2.17. The summed E-state index contributed by atoms with van der Waals surface area (Å²) < 4.78 is 1.01. The second-order valence-electron chi connectivity index (χ2n) is 4.11. The van der Waals surface area contributed by atoms with Gasteiger partial charge in [0.1, 0.15) is 5.69 Å². The van der Waals surface area contributed by atoms with Crippen molar-refractivity contribution in [3.05, 3.63) is 63.3 Å². The van der Waals surface area contributed by atoms with Gasteiger partial charge in [-0.1, -0.05) is 39.7 Å². The highest BCUT2D eigenvalue weighted by molar-refractivity contribution is 9.10. The second-order valence-corrected chi connectivity index (χ2v) is 5.46. The average Bonchev–Trinajstić information content (AvgIpc) is 2.40. The maximum absolute atomic E-state index is 12.0. The Hall–Kier alpha value is -1.39. The molecule has 0 fully saturated rings. The SMILES string of the molecule is CC(NC(=O)c1ccc(Cl)cn1)c1ccc(Br)cc1. The lowest BCUT2D eigenvalue weighted by atomic mass is 10.1. The maximum Gasteiger partial charge on any atom is 0.270 e. The molecule has 1 atom stereocenters. The van der Waals surface area contributed by atoms with Gasteiger partial charge in [-0.25, -0.2) is 4.98 Å². The summed E-state index contributed by atoms with van der Waals surface area (Å²) in [7, 11) is 0. The van der Waals surface area contributed by atoms with Crippen LogP contribution in [0.2, 0.25) is 5.02 Å². The van der Waals surface area contributed by atoms with E-state index < -0.39 is 0 Å². The second kappa shape index (κ2) is 6.17. The zero-order valence-electron chi connectivity index (χ0n) is 10.2. The summed E-state index contributed by atoms with van der Waals surface area (Å²) in [6.07, 6.45) is 1.46. The standard InChI is InChI=1S/C14H12BrClN2O/c1-9(10-2-4-11(15)5-3-10)18-14(19)13-7-6-12(16)8-17-13/h2-9H,1H3,(H,18,19). The van der Waals surface area contributed by atoms with E-state index in [9.17, 15) is 4.79 Å². The van der Waals surface area contributed by atoms with Crippen LogP contribution < -0.4 is 5.32 Å². The highest BCUT2D eigenvalue weighted by Gasteiger charge is 2.12. The predicted molar refractivity (Wildman–Crippen MR) is 79.3 cm³/mol. The Morgan fingerprint density at radius 2 is 1.95 bits per heavy atom. The maximum atomic E-state index is 12.0. The Morgan fingerprint density at radius 3 is 2.53 bits per heavy atom. The van der Waals surface area contributed by atoms with E-state index in [0.717, 1.165) is 10.0 Å². The van der Waals surface area contributed by atoms with E-state index in [1.165, 1.54) is 6.20 Å². The van der Waals surface area contributed by atoms with Crippen LogP contribution in [0.5, 0.6) is 0 Å². The molecular weight excluding hydrogens is 328 g/mol. The van der Waals surface area contributed by atoms with E-state index in [1.54, 1.807) is 12.1 Å². The fourth-order valence-electron chi connectivity index (χ4n) is 1.62. The normalized spacial score (nSPS) is 11.9. The number of nitrogens with zero attached hydrogens (tertiary/aromatic N) is 1. The van der Waals surface area contributed by atoms with Crippen LogP contribution in [0.25, 0.3) is 0 Å². The van der Waals surface area contributed by atoms with Crippen molar-refractivity contribution < 1.29 is 4.79 Å². The van der Waals surface area contributed by atoms with Crippen molar-refractivity contribution in [1.29, 1.82) is 0 Å². The fourth-order valence-corrected chi connectivity index (χ4v) is 1.99. The minimum Gasteiger partial charge on any atom is -0.344 e. The molecular formula is C14H12BrClN2O. The first-order valence-corrected chi connectivity index (χ1v) is 6.91. The Balaban J connectivity index is 2.06. The van der Waals surface area contributed by atoms with Crippen LogP contribution in [0.4, 0.5) is 0 Å². The van der Waals surface area contributed by atoms with Gasteiger partial charge in [0.15, 0.2) is 0 Å². The van der Waals surface area contributed by atoms with E-state index in [0.29, 0.717) is 10.7 Å². The Labute approximate surface area is 125 Å². The van der Waals surface area contributed by atoms with Crippen molar-refractivity contribution in [3.8, 4) is 0 Å². The molecule has 1 amide bonds. The van der Waals surface area contributed by atoms with Gasteiger partial charge in [0.2, 0.25) is 0 Å². The van der Waals surface area contributed by atoms with Crippen molar-refractivity contribution in [2.24, 2.45) is 0 Å².